The van der Waals surface area contributed by atoms with E-state index in [4.69, 9.17) is 16.3 Å². The Hall–Kier alpha value is -1.82. The highest BCUT2D eigenvalue weighted by Gasteiger charge is 2.33. The number of hydrogen-bond acceptors (Lipinski definition) is 5. The summed E-state index contributed by atoms with van der Waals surface area (Å²) in [5, 5.41) is 1.23. The summed E-state index contributed by atoms with van der Waals surface area (Å²) in [5.74, 6) is 0.811. The number of aryl methyl sites for hydroxylation is 1. The summed E-state index contributed by atoms with van der Waals surface area (Å²) in [6, 6.07) is 12.8. The molecule has 2 heterocycles. The molecule has 1 unspecified atom stereocenters. The van der Waals surface area contributed by atoms with Crippen molar-refractivity contribution in [2.45, 2.75) is 17.1 Å². The van der Waals surface area contributed by atoms with Crippen LogP contribution in [0, 0.1) is 6.92 Å². The summed E-state index contributed by atoms with van der Waals surface area (Å²) in [4.78, 5) is 25.7. The van der Waals surface area contributed by atoms with Crippen molar-refractivity contribution in [3.05, 3.63) is 68.8 Å². The summed E-state index contributed by atoms with van der Waals surface area (Å²) >= 11 is 9.13. The van der Waals surface area contributed by atoms with Gasteiger partial charge in [0, 0.05) is 26.4 Å². The van der Waals surface area contributed by atoms with Crippen LogP contribution in [0.3, 0.4) is 0 Å². The number of Topliss-reactive ketones (excluding diaryl/α,β-unsaturated/α-hetero) is 1. The fraction of sp³-hybridized carbons (Fsp3) is 0.200. The van der Waals surface area contributed by atoms with Gasteiger partial charge in [-0.3, -0.25) is 9.59 Å². The molecule has 2 aromatic carbocycles. The number of carbonyl (C=O) groups is 1. The molecule has 1 atom stereocenters. The molecule has 0 saturated carbocycles. The number of fused-ring (bicyclic) bond motifs is 2. The topological polar surface area (TPSA) is 43.4 Å². The maximum atomic E-state index is 12.9. The van der Waals surface area contributed by atoms with Gasteiger partial charge in [-0.25, -0.2) is 0 Å². The third-order valence-electron chi connectivity index (χ3n) is 4.44. The van der Waals surface area contributed by atoms with Crippen molar-refractivity contribution >= 4 is 50.6 Å². The first-order valence-electron chi connectivity index (χ1n) is 8.15. The van der Waals surface area contributed by atoms with Crippen LogP contribution >= 0.6 is 34.7 Å². The van der Waals surface area contributed by atoms with Crippen molar-refractivity contribution in [1.29, 1.82) is 0 Å². The van der Waals surface area contributed by atoms with E-state index in [1.807, 2.05) is 31.2 Å². The zero-order valence-electron chi connectivity index (χ0n) is 14.0. The number of thioether (sulfide) groups is 1. The van der Waals surface area contributed by atoms with Crippen LogP contribution in [0.1, 0.15) is 17.0 Å². The van der Waals surface area contributed by atoms with E-state index in [-0.39, 0.29) is 17.8 Å². The van der Waals surface area contributed by atoms with Crippen LogP contribution in [0.25, 0.3) is 10.1 Å². The molecule has 0 bridgehead atoms. The highest BCUT2D eigenvalue weighted by atomic mass is 35.5. The van der Waals surface area contributed by atoms with Crippen LogP contribution in [-0.4, -0.2) is 18.1 Å². The van der Waals surface area contributed by atoms with Gasteiger partial charge in [-0.1, -0.05) is 29.8 Å². The molecule has 26 heavy (non-hydrogen) atoms. The molecule has 0 radical (unpaired) electrons. The van der Waals surface area contributed by atoms with Crippen LogP contribution in [0.2, 0.25) is 5.02 Å². The van der Waals surface area contributed by atoms with Crippen molar-refractivity contribution in [2.24, 2.45) is 0 Å². The van der Waals surface area contributed by atoms with E-state index in [9.17, 15) is 9.59 Å². The number of carbonyl (C=O) groups excluding carboxylic acids is 1. The predicted octanol–water partition coefficient (Wildman–Crippen LogP) is 5.06. The van der Waals surface area contributed by atoms with Crippen LogP contribution in [-0.2, 0) is 4.79 Å². The van der Waals surface area contributed by atoms with Crippen molar-refractivity contribution in [1.82, 2.24) is 0 Å². The Morgan fingerprint density at radius 2 is 2.08 bits per heavy atom. The fourth-order valence-corrected chi connectivity index (χ4v) is 6.04. The smallest absolute Gasteiger partial charge is 0.193 e. The Morgan fingerprint density at radius 3 is 2.88 bits per heavy atom. The Balaban J connectivity index is 1.63. The third-order valence-corrected chi connectivity index (χ3v) is 7.22. The Kier molecular flexibility index (Phi) is 4.78. The molecule has 132 valence electrons. The largest absolute Gasteiger partial charge is 0.486 e. The molecule has 1 aliphatic heterocycles. The molecule has 0 fully saturated rings. The van der Waals surface area contributed by atoms with Crippen molar-refractivity contribution in [3.63, 3.8) is 0 Å². The summed E-state index contributed by atoms with van der Waals surface area (Å²) in [6.07, 6.45) is 0. The second kappa shape index (κ2) is 7.06. The number of hydrogen-bond donors (Lipinski definition) is 0. The van der Waals surface area contributed by atoms with E-state index in [1.165, 1.54) is 11.3 Å². The second-order valence-corrected chi connectivity index (χ2v) is 8.93. The van der Waals surface area contributed by atoms with Crippen LogP contribution in [0.5, 0.6) is 5.75 Å². The number of benzene rings is 2. The van der Waals surface area contributed by atoms with E-state index >= 15 is 0 Å². The molecule has 0 amide bonds. The lowest BCUT2D eigenvalue weighted by Gasteiger charge is -2.12. The summed E-state index contributed by atoms with van der Waals surface area (Å²) in [7, 11) is 0. The van der Waals surface area contributed by atoms with Gasteiger partial charge in [0.15, 0.2) is 11.2 Å². The van der Waals surface area contributed by atoms with Crippen LogP contribution < -0.4 is 10.2 Å². The molecule has 3 aromatic rings. The zero-order valence-corrected chi connectivity index (χ0v) is 16.3. The van der Waals surface area contributed by atoms with Crippen LogP contribution in [0.4, 0.5) is 0 Å². The zero-order chi connectivity index (χ0) is 18.3. The SMILES string of the molecule is Cc1ccccc1OCC(=O)C1CSc2sc3cc(Cl)ccc3c(=O)c21. The molecule has 0 saturated heterocycles. The highest BCUT2D eigenvalue weighted by Crippen LogP contribution is 2.43. The molecule has 6 heteroatoms. The Bertz CT molecular complexity index is 1070. The quantitative estimate of drug-likeness (QED) is 0.611. The summed E-state index contributed by atoms with van der Waals surface area (Å²) < 4.78 is 7.47. The van der Waals surface area contributed by atoms with Gasteiger partial charge in [-0.2, -0.15) is 0 Å². The average Bonchev–Trinajstić information content (AvgIpc) is 3.05. The Morgan fingerprint density at radius 1 is 1.27 bits per heavy atom. The van der Waals surface area contributed by atoms with E-state index < -0.39 is 5.92 Å². The van der Waals surface area contributed by atoms with Gasteiger partial charge in [-0.05, 0) is 36.8 Å². The Labute approximate surface area is 164 Å². The second-order valence-electron chi connectivity index (χ2n) is 6.16. The number of ether oxygens (including phenoxy) is 1. The number of halogens is 1. The van der Waals surface area contributed by atoms with Crippen molar-refractivity contribution < 1.29 is 9.53 Å². The molecular weight excluding hydrogens is 388 g/mol. The molecule has 1 aliphatic rings. The monoisotopic (exact) mass is 402 g/mol. The first-order chi connectivity index (χ1) is 12.5. The molecule has 1 aromatic heterocycles. The molecule has 0 spiro atoms. The van der Waals surface area contributed by atoms with Gasteiger partial charge < -0.3 is 4.74 Å². The van der Waals surface area contributed by atoms with Crippen molar-refractivity contribution in [3.8, 4) is 5.75 Å². The van der Waals surface area contributed by atoms with Gasteiger partial charge in [-0.15, -0.1) is 23.1 Å². The van der Waals surface area contributed by atoms with Gasteiger partial charge in [0.2, 0.25) is 0 Å². The predicted molar refractivity (Wildman–Crippen MR) is 108 cm³/mol. The first kappa shape index (κ1) is 17.6. The van der Waals surface area contributed by atoms with E-state index in [1.54, 1.807) is 30.0 Å². The average molecular weight is 403 g/mol. The molecular formula is C20H15ClO3S2. The lowest BCUT2D eigenvalue weighted by molar-refractivity contribution is -0.122. The number of para-hydroxylation sites is 1. The normalized spacial score (nSPS) is 15.8. The minimum atomic E-state index is -0.414. The van der Waals surface area contributed by atoms with Gasteiger partial charge in [0.1, 0.15) is 12.4 Å². The number of rotatable bonds is 4. The van der Waals surface area contributed by atoms with Crippen molar-refractivity contribution in [2.75, 3.05) is 12.4 Å². The van der Waals surface area contributed by atoms with Gasteiger partial charge >= 0.3 is 0 Å². The van der Waals surface area contributed by atoms with E-state index in [2.05, 4.69) is 0 Å². The minimum Gasteiger partial charge on any atom is -0.486 e. The molecule has 0 N–H and O–H groups in total. The standard InChI is InChI=1S/C20H15ClO3S2/c1-11-4-2-3-5-16(11)24-9-15(22)14-10-25-20-18(14)19(23)13-7-6-12(21)8-17(13)26-20/h2-8,14H,9-10H2,1H3. The lowest BCUT2D eigenvalue weighted by atomic mass is 9.98. The van der Waals surface area contributed by atoms with Crippen LogP contribution in [0.15, 0.2) is 51.5 Å². The van der Waals surface area contributed by atoms with Gasteiger partial charge in [0.25, 0.3) is 0 Å². The molecule has 4 rings (SSSR count). The van der Waals surface area contributed by atoms with E-state index in [0.29, 0.717) is 27.5 Å². The maximum absolute atomic E-state index is 12.9. The lowest BCUT2D eigenvalue weighted by Crippen LogP contribution is -2.24. The van der Waals surface area contributed by atoms with E-state index in [0.717, 1.165) is 14.5 Å². The van der Waals surface area contributed by atoms with Gasteiger partial charge in [0.05, 0.1) is 10.1 Å². The first-order valence-corrected chi connectivity index (χ1v) is 10.3. The highest BCUT2D eigenvalue weighted by molar-refractivity contribution is 8.01. The third kappa shape index (κ3) is 3.15. The number of ketones is 1. The maximum Gasteiger partial charge on any atom is 0.193 e. The summed E-state index contributed by atoms with van der Waals surface area (Å²) in [6.45, 7) is 1.91. The fourth-order valence-electron chi connectivity index (χ4n) is 3.03. The molecule has 3 nitrogen and oxygen atoms in total. The summed E-state index contributed by atoms with van der Waals surface area (Å²) in [5.41, 5.74) is 1.54. The minimum absolute atomic E-state index is 0.0295. The molecule has 0 aliphatic carbocycles.